The van der Waals surface area contributed by atoms with Crippen molar-refractivity contribution in [3.63, 3.8) is 0 Å². The third kappa shape index (κ3) is 9.92. The van der Waals surface area contributed by atoms with E-state index in [-0.39, 0.29) is 17.5 Å². The summed E-state index contributed by atoms with van der Waals surface area (Å²) in [4.78, 5) is 25.1. The summed E-state index contributed by atoms with van der Waals surface area (Å²) in [5.41, 5.74) is 5.09. The maximum Gasteiger partial charge on any atom is 0.337 e. The van der Waals surface area contributed by atoms with Crippen LogP contribution in [0.1, 0.15) is 78.7 Å². The first-order valence-corrected chi connectivity index (χ1v) is 13.9. The summed E-state index contributed by atoms with van der Waals surface area (Å²) in [5, 5.41) is 0.673. The molecule has 208 valence electrons. The predicted molar refractivity (Wildman–Crippen MR) is 157 cm³/mol. The minimum atomic E-state index is -0.350. The zero-order chi connectivity index (χ0) is 28.3. The molecule has 0 spiro atoms. The number of aldehydes is 1. The van der Waals surface area contributed by atoms with Crippen molar-refractivity contribution in [2.24, 2.45) is 0 Å². The van der Waals surface area contributed by atoms with E-state index in [0.29, 0.717) is 36.7 Å². The van der Waals surface area contributed by atoms with Gasteiger partial charge in [0.2, 0.25) is 0 Å². The average molecular weight is 550 g/mol. The van der Waals surface area contributed by atoms with Gasteiger partial charge in [0.15, 0.2) is 0 Å². The molecule has 1 atom stereocenters. The lowest BCUT2D eigenvalue weighted by atomic mass is 9.86. The second-order valence-electron chi connectivity index (χ2n) is 10.9. The highest BCUT2D eigenvalue weighted by Crippen LogP contribution is 2.27. The van der Waals surface area contributed by atoms with Crippen molar-refractivity contribution in [2.45, 2.75) is 64.7 Å². The van der Waals surface area contributed by atoms with E-state index in [9.17, 15) is 9.59 Å². The smallest absolute Gasteiger partial charge is 0.337 e. The quantitative estimate of drug-likeness (QED) is 0.118. The van der Waals surface area contributed by atoms with Crippen LogP contribution in [0, 0.1) is 0 Å². The van der Waals surface area contributed by atoms with E-state index in [0.717, 1.165) is 42.4 Å². The molecule has 0 radical (unpaired) electrons. The van der Waals surface area contributed by atoms with Gasteiger partial charge in [-0.2, -0.15) is 0 Å². The molecule has 0 aliphatic carbocycles. The maximum absolute atomic E-state index is 11.9. The molecule has 0 saturated heterocycles. The Kier molecular flexibility index (Phi) is 11.7. The van der Waals surface area contributed by atoms with Crippen LogP contribution in [0.3, 0.4) is 0 Å². The summed E-state index contributed by atoms with van der Waals surface area (Å²) in [7, 11) is 1.38. The Labute approximate surface area is 238 Å². The van der Waals surface area contributed by atoms with Crippen molar-refractivity contribution in [3.05, 3.63) is 106 Å². The van der Waals surface area contributed by atoms with Gasteiger partial charge in [0.25, 0.3) is 0 Å². The molecule has 0 N–H and O–H groups in total. The van der Waals surface area contributed by atoms with Gasteiger partial charge in [0, 0.05) is 24.5 Å². The molecule has 3 rings (SSSR count). The molecule has 6 heteroatoms. The van der Waals surface area contributed by atoms with E-state index < -0.39 is 0 Å². The van der Waals surface area contributed by atoms with Crippen LogP contribution >= 0.6 is 11.6 Å². The second kappa shape index (κ2) is 15.0. The van der Waals surface area contributed by atoms with Crippen molar-refractivity contribution < 1.29 is 19.1 Å². The summed E-state index contributed by atoms with van der Waals surface area (Å²) in [6.07, 6.45) is 3.06. The van der Waals surface area contributed by atoms with E-state index in [1.807, 2.05) is 30.3 Å². The standard InChI is InChI=1S/C33H40ClNO4/c1-33(2,3)29-12-8-10-26(20-29)24-39-31(28-11-9-13-30(34)21-28)23-35(18-6-5-7-19-36)22-25-14-16-27(17-15-25)32(37)38-4/h8-17,19-21,31H,5-7,18,22-24H2,1-4H3/t31-/m0/s1. The molecule has 0 aromatic heterocycles. The first-order chi connectivity index (χ1) is 18.7. The van der Waals surface area contributed by atoms with Gasteiger partial charge in [-0.05, 0) is 71.3 Å². The molecule has 0 unspecified atom stereocenters. The first-order valence-electron chi connectivity index (χ1n) is 13.5. The van der Waals surface area contributed by atoms with Crippen LogP contribution < -0.4 is 0 Å². The van der Waals surface area contributed by atoms with Crippen molar-refractivity contribution in [2.75, 3.05) is 20.2 Å². The summed E-state index contributed by atoms with van der Waals surface area (Å²) in [5.74, 6) is -0.350. The molecular formula is C33H40ClNO4. The van der Waals surface area contributed by atoms with E-state index in [4.69, 9.17) is 21.1 Å². The number of nitrogens with zero attached hydrogens (tertiary/aromatic N) is 1. The molecule has 0 saturated carbocycles. The molecule has 3 aromatic carbocycles. The van der Waals surface area contributed by atoms with E-state index in [1.54, 1.807) is 12.1 Å². The number of methoxy groups -OCH3 is 1. The number of halogens is 1. The topological polar surface area (TPSA) is 55.8 Å². The lowest BCUT2D eigenvalue weighted by molar-refractivity contribution is -0.107. The molecule has 3 aromatic rings. The fraction of sp³-hybridized carbons (Fsp3) is 0.394. The van der Waals surface area contributed by atoms with E-state index in [2.05, 4.69) is 56.0 Å². The highest BCUT2D eigenvalue weighted by atomic mass is 35.5. The summed E-state index contributed by atoms with van der Waals surface area (Å²) < 4.78 is 11.4. The normalized spacial score (nSPS) is 12.4. The Morgan fingerprint density at radius 3 is 2.38 bits per heavy atom. The van der Waals surface area contributed by atoms with E-state index in [1.165, 1.54) is 12.7 Å². The van der Waals surface area contributed by atoms with Crippen LogP contribution in [-0.2, 0) is 32.8 Å². The monoisotopic (exact) mass is 549 g/mol. The second-order valence-corrected chi connectivity index (χ2v) is 11.3. The summed E-state index contributed by atoms with van der Waals surface area (Å²) in [6, 6.07) is 23.9. The van der Waals surface area contributed by atoms with Gasteiger partial charge in [0.05, 0.1) is 25.4 Å². The van der Waals surface area contributed by atoms with Crippen LogP contribution in [0.4, 0.5) is 0 Å². The van der Waals surface area contributed by atoms with Crippen molar-refractivity contribution in [3.8, 4) is 0 Å². The van der Waals surface area contributed by atoms with Gasteiger partial charge in [-0.1, -0.05) is 80.9 Å². The van der Waals surface area contributed by atoms with Crippen molar-refractivity contribution in [1.29, 1.82) is 0 Å². The van der Waals surface area contributed by atoms with E-state index >= 15 is 0 Å². The molecule has 5 nitrogen and oxygen atoms in total. The van der Waals surface area contributed by atoms with Gasteiger partial charge in [-0.15, -0.1) is 0 Å². The van der Waals surface area contributed by atoms with Gasteiger partial charge >= 0.3 is 5.97 Å². The van der Waals surface area contributed by atoms with Gasteiger partial charge in [-0.3, -0.25) is 4.90 Å². The summed E-state index contributed by atoms with van der Waals surface area (Å²) in [6.45, 7) is 9.26. The number of esters is 1. The number of hydrogen-bond donors (Lipinski definition) is 0. The first kappa shape index (κ1) is 30.6. The Bertz CT molecular complexity index is 1200. The fourth-order valence-electron chi connectivity index (χ4n) is 4.44. The van der Waals surface area contributed by atoms with Crippen LogP contribution in [0.15, 0.2) is 72.8 Å². The lowest BCUT2D eigenvalue weighted by Crippen LogP contribution is -2.30. The number of hydrogen-bond acceptors (Lipinski definition) is 5. The third-order valence-electron chi connectivity index (χ3n) is 6.72. The predicted octanol–water partition coefficient (Wildman–Crippen LogP) is 7.55. The third-order valence-corrected chi connectivity index (χ3v) is 6.95. The van der Waals surface area contributed by atoms with Gasteiger partial charge in [0.1, 0.15) is 6.29 Å². The number of benzene rings is 3. The fourth-order valence-corrected chi connectivity index (χ4v) is 4.64. The van der Waals surface area contributed by atoms with Crippen LogP contribution in [0.25, 0.3) is 0 Å². The molecular weight excluding hydrogens is 510 g/mol. The molecule has 0 aliphatic rings. The zero-order valence-electron chi connectivity index (χ0n) is 23.5. The maximum atomic E-state index is 11.9. The highest BCUT2D eigenvalue weighted by molar-refractivity contribution is 6.30. The van der Waals surface area contributed by atoms with Crippen LogP contribution in [0.2, 0.25) is 5.02 Å². The Morgan fingerprint density at radius 1 is 0.974 bits per heavy atom. The zero-order valence-corrected chi connectivity index (χ0v) is 24.2. The molecule has 0 aliphatic heterocycles. The van der Waals surface area contributed by atoms with Crippen molar-refractivity contribution in [1.82, 2.24) is 4.90 Å². The molecule has 0 amide bonds. The largest absolute Gasteiger partial charge is 0.465 e. The molecule has 0 fully saturated rings. The molecule has 0 heterocycles. The van der Waals surface area contributed by atoms with Crippen LogP contribution in [-0.4, -0.2) is 37.4 Å². The number of carbonyl (C=O) groups is 2. The molecule has 0 bridgehead atoms. The SMILES string of the molecule is COC(=O)c1ccc(CN(CCCCC=O)C[C@H](OCc2cccc(C(C)(C)C)c2)c2cccc(Cl)c2)cc1. The highest BCUT2D eigenvalue weighted by Gasteiger charge is 2.19. The van der Waals surface area contributed by atoms with Crippen molar-refractivity contribution >= 4 is 23.9 Å². The lowest BCUT2D eigenvalue weighted by Gasteiger charge is -2.29. The van der Waals surface area contributed by atoms with Gasteiger partial charge < -0.3 is 14.3 Å². The Hall–Kier alpha value is -2.99. The Balaban J connectivity index is 1.81. The molecule has 39 heavy (non-hydrogen) atoms. The minimum absolute atomic E-state index is 0.0596. The van der Waals surface area contributed by atoms with Gasteiger partial charge in [-0.25, -0.2) is 4.79 Å². The number of rotatable bonds is 14. The number of carbonyl (C=O) groups excluding carboxylic acids is 2. The van der Waals surface area contributed by atoms with Crippen LogP contribution in [0.5, 0.6) is 0 Å². The number of unbranched alkanes of at least 4 members (excludes halogenated alkanes) is 2. The average Bonchev–Trinajstić information content (AvgIpc) is 2.92. The minimum Gasteiger partial charge on any atom is -0.465 e. The summed E-state index contributed by atoms with van der Waals surface area (Å²) >= 11 is 6.37. The Morgan fingerprint density at radius 2 is 1.72 bits per heavy atom. The number of ether oxygens (including phenoxy) is 2.